The monoisotopic (exact) mass is 297 g/mol. The Hall–Kier alpha value is -1.58. The van der Waals surface area contributed by atoms with Crippen LogP contribution in [0.5, 0.6) is 0 Å². The average molecular weight is 297 g/mol. The van der Waals surface area contributed by atoms with E-state index in [0.29, 0.717) is 29.5 Å². The lowest BCUT2D eigenvalue weighted by molar-refractivity contribution is 0.0940. The topological polar surface area (TPSA) is 57.8 Å². The molecule has 5 rings (SSSR count). The number of nitrogens with zero attached hydrogens (tertiary/aromatic N) is 1. The van der Waals surface area contributed by atoms with Crippen LogP contribution in [0.4, 0.5) is 0 Å². The number of fused-ring (bicyclic) bond motifs is 1. The Morgan fingerprint density at radius 1 is 1.27 bits per heavy atom. The predicted molar refractivity (Wildman–Crippen MR) is 83.6 cm³/mol. The van der Waals surface area contributed by atoms with Gasteiger partial charge in [0.25, 0.3) is 5.91 Å². The third-order valence-electron chi connectivity index (χ3n) is 6.47. The van der Waals surface area contributed by atoms with Gasteiger partial charge in [0.1, 0.15) is 11.5 Å². The smallest absolute Gasteiger partial charge is 0.271 e. The summed E-state index contributed by atoms with van der Waals surface area (Å²) in [5.74, 6) is 2.92. The van der Waals surface area contributed by atoms with Crippen LogP contribution in [0.25, 0.3) is 0 Å². The Labute approximate surface area is 130 Å². The Morgan fingerprint density at radius 3 is 2.82 bits per heavy atom. The molecule has 2 saturated carbocycles. The quantitative estimate of drug-likeness (QED) is 0.783. The number of rotatable bonds is 1. The van der Waals surface area contributed by atoms with Crippen LogP contribution in [-0.4, -0.2) is 22.4 Å². The molecule has 2 fully saturated rings. The van der Waals surface area contributed by atoms with Gasteiger partial charge in [-0.3, -0.25) is 4.79 Å². The van der Waals surface area contributed by atoms with Gasteiger partial charge in [-0.25, -0.2) is 4.98 Å². The lowest BCUT2D eigenvalue weighted by Crippen LogP contribution is -2.32. The molecule has 1 aromatic rings. The number of imidazole rings is 1. The summed E-state index contributed by atoms with van der Waals surface area (Å²) in [6, 6.07) is 0. The second-order valence-electron chi connectivity index (χ2n) is 8.57. The van der Waals surface area contributed by atoms with Crippen LogP contribution in [0.15, 0.2) is 12.2 Å². The van der Waals surface area contributed by atoms with E-state index in [1.54, 1.807) is 0 Å². The molecule has 0 radical (unpaired) electrons. The standard InChI is InChI=1S/C18H23N3O/c1-17(2)8-13-14(16(22)19-9-17)21-15(20-13)11-7-10-3-4-12(11)18(10)5-6-18/h3-4,10-12H,5-9H2,1-2H3,(H,19,22)(H,20,21)/t10-,11+,12-/m1/s1. The Kier molecular flexibility index (Phi) is 2.25. The molecular weight excluding hydrogens is 274 g/mol. The SMILES string of the molecule is CC1(C)CNC(=O)c2nc([C@H]3C[C@H]4C=C[C@H]3C43CC3)[nH]c2C1. The van der Waals surface area contributed by atoms with Crippen molar-refractivity contribution in [3.63, 3.8) is 0 Å². The van der Waals surface area contributed by atoms with E-state index in [4.69, 9.17) is 4.98 Å². The molecule has 3 atom stereocenters. The summed E-state index contributed by atoms with van der Waals surface area (Å²) < 4.78 is 0. The maximum Gasteiger partial charge on any atom is 0.271 e. The van der Waals surface area contributed by atoms with Gasteiger partial charge in [-0.05, 0) is 48.3 Å². The fourth-order valence-corrected chi connectivity index (χ4v) is 5.15. The van der Waals surface area contributed by atoms with Crippen molar-refractivity contribution in [3.05, 3.63) is 29.4 Å². The highest BCUT2D eigenvalue weighted by atomic mass is 16.1. The normalized spacial score (nSPS) is 36.3. The third-order valence-corrected chi connectivity index (χ3v) is 6.47. The molecule has 2 N–H and O–H groups in total. The van der Waals surface area contributed by atoms with Gasteiger partial charge in [-0.15, -0.1) is 0 Å². The number of aromatic amines is 1. The molecule has 4 aliphatic rings. The molecule has 116 valence electrons. The number of aromatic nitrogens is 2. The summed E-state index contributed by atoms with van der Waals surface area (Å²) in [6.45, 7) is 5.11. The van der Waals surface area contributed by atoms with Crippen molar-refractivity contribution in [2.24, 2.45) is 22.7 Å². The first-order valence-corrected chi connectivity index (χ1v) is 8.54. The Bertz CT molecular complexity index is 695. The number of hydrogen-bond donors (Lipinski definition) is 2. The number of H-pyrrole nitrogens is 1. The fourth-order valence-electron chi connectivity index (χ4n) is 5.15. The minimum absolute atomic E-state index is 0.0112. The van der Waals surface area contributed by atoms with E-state index >= 15 is 0 Å². The molecule has 0 saturated heterocycles. The summed E-state index contributed by atoms with van der Waals surface area (Å²) in [4.78, 5) is 20.6. The van der Waals surface area contributed by atoms with Gasteiger partial charge < -0.3 is 10.3 Å². The van der Waals surface area contributed by atoms with Gasteiger partial charge in [0.15, 0.2) is 0 Å². The van der Waals surface area contributed by atoms with Gasteiger partial charge in [-0.2, -0.15) is 0 Å². The lowest BCUT2D eigenvalue weighted by atomic mass is 9.88. The van der Waals surface area contributed by atoms with Crippen molar-refractivity contribution in [3.8, 4) is 0 Å². The number of nitrogens with one attached hydrogen (secondary N) is 2. The number of allylic oxidation sites excluding steroid dienone is 2. The highest BCUT2D eigenvalue weighted by Gasteiger charge is 2.63. The number of carbonyl (C=O) groups excluding carboxylic acids is 1. The molecule has 4 heteroatoms. The van der Waals surface area contributed by atoms with E-state index in [9.17, 15) is 4.79 Å². The first-order valence-electron chi connectivity index (χ1n) is 8.54. The molecule has 1 aromatic heterocycles. The van der Waals surface area contributed by atoms with Gasteiger partial charge in [0.2, 0.25) is 0 Å². The lowest BCUT2D eigenvalue weighted by Gasteiger charge is -2.22. The minimum Gasteiger partial charge on any atom is -0.350 e. The number of carbonyl (C=O) groups is 1. The van der Waals surface area contributed by atoms with Crippen molar-refractivity contribution in [2.75, 3.05) is 6.54 Å². The number of hydrogen-bond acceptors (Lipinski definition) is 2. The first kappa shape index (κ1) is 12.9. The van der Waals surface area contributed by atoms with Crippen LogP contribution in [0, 0.1) is 22.7 Å². The van der Waals surface area contributed by atoms with E-state index in [1.165, 1.54) is 19.3 Å². The van der Waals surface area contributed by atoms with E-state index in [2.05, 4.69) is 36.3 Å². The molecule has 2 bridgehead atoms. The van der Waals surface area contributed by atoms with E-state index < -0.39 is 0 Å². The third kappa shape index (κ3) is 1.58. The van der Waals surface area contributed by atoms with E-state index in [1.807, 2.05) is 0 Å². The van der Waals surface area contributed by atoms with Crippen molar-refractivity contribution in [1.82, 2.24) is 15.3 Å². The summed E-state index contributed by atoms with van der Waals surface area (Å²) in [7, 11) is 0. The average Bonchev–Trinajstić information content (AvgIpc) is 2.99. The Balaban J connectivity index is 1.52. The molecule has 1 spiro atoms. The molecule has 1 aliphatic heterocycles. The summed E-state index contributed by atoms with van der Waals surface area (Å²) in [5.41, 5.74) is 2.32. The molecule has 0 aromatic carbocycles. The molecule has 0 unspecified atom stereocenters. The minimum atomic E-state index is -0.0112. The Morgan fingerprint density at radius 2 is 2.09 bits per heavy atom. The van der Waals surface area contributed by atoms with Gasteiger partial charge in [0.05, 0.1) is 0 Å². The van der Waals surface area contributed by atoms with Crippen LogP contribution >= 0.6 is 0 Å². The van der Waals surface area contributed by atoms with Gasteiger partial charge in [0, 0.05) is 18.2 Å². The highest BCUT2D eigenvalue weighted by molar-refractivity contribution is 5.94. The molecule has 22 heavy (non-hydrogen) atoms. The predicted octanol–water partition coefficient (Wildman–Crippen LogP) is 2.79. The van der Waals surface area contributed by atoms with E-state index in [-0.39, 0.29) is 11.3 Å². The van der Waals surface area contributed by atoms with Gasteiger partial charge >= 0.3 is 0 Å². The van der Waals surface area contributed by atoms with Crippen molar-refractivity contribution < 1.29 is 4.79 Å². The van der Waals surface area contributed by atoms with E-state index in [0.717, 1.165) is 23.9 Å². The maximum atomic E-state index is 12.3. The van der Waals surface area contributed by atoms with Crippen LogP contribution in [-0.2, 0) is 6.42 Å². The maximum absolute atomic E-state index is 12.3. The van der Waals surface area contributed by atoms with Crippen LogP contribution in [0.2, 0.25) is 0 Å². The number of amides is 1. The summed E-state index contributed by atoms with van der Waals surface area (Å²) in [6.07, 6.45) is 9.69. The molecular formula is C18H23N3O. The van der Waals surface area contributed by atoms with Crippen molar-refractivity contribution >= 4 is 5.91 Å². The first-order chi connectivity index (χ1) is 10.5. The fraction of sp³-hybridized carbons (Fsp3) is 0.667. The zero-order chi connectivity index (χ0) is 15.1. The molecule has 1 amide bonds. The van der Waals surface area contributed by atoms with Crippen LogP contribution in [0.1, 0.15) is 61.0 Å². The molecule has 2 heterocycles. The largest absolute Gasteiger partial charge is 0.350 e. The zero-order valence-corrected chi connectivity index (χ0v) is 13.3. The van der Waals surface area contributed by atoms with Crippen LogP contribution < -0.4 is 5.32 Å². The van der Waals surface area contributed by atoms with Crippen molar-refractivity contribution in [1.29, 1.82) is 0 Å². The summed E-state index contributed by atoms with van der Waals surface area (Å²) in [5, 5.41) is 3.02. The highest BCUT2D eigenvalue weighted by Crippen LogP contribution is 2.71. The second-order valence-corrected chi connectivity index (χ2v) is 8.57. The van der Waals surface area contributed by atoms with Crippen molar-refractivity contribution in [2.45, 2.75) is 45.4 Å². The summed E-state index contributed by atoms with van der Waals surface area (Å²) >= 11 is 0. The molecule has 3 aliphatic carbocycles. The second kappa shape index (κ2) is 3.84. The zero-order valence-electron chi connectivity index (χ0n) is 13.3. The van der Waals surface area contributed by atoms with Crippen LogP contribution in [0.3, 0.4) is 0 Å². The van der Waals surface area contributed by atoms with Gasteiger partial charge in [-0.1, -0.05) is 26.0 Å². The molecule has 4 nitrogen and oxygen atoms in total.